The first kappa shape index (κ1) is 14.0. The normalized spacial score (nSPS) is 16.2. The Bertz CT molecular complexity index is 444. The molecule has 1 nitrogen and oxygen atoms in total. The van der Waals surface area contributed by atoms with E-state index in [4.69, 9.17) is 4.74 Å². The molecule has 0 unspecified atom stereocenters. The van der Waals surface area contributed by atoms with Crippen LogP contribution >= 0.6 is 0 Å². The van der Waals surface area contributed by atoms with Crippen LogP contribution in [0.25, 0.3) is 5.57 Å². The van der Waals surface area contributed by atoms with Gasteiger partial charge in [0.25, 0.3) is 6.08 Å². The predicted molar refractivity (Wildman–Crippen MR) is 73.3 cm³/mol. The fourth-order valence-electron chi connectivity index (χ4n) is 2.79. The number of benzene rings is 1. The lowest BCUT2D eigenvalue weighted by Gasteiger charge is -2.22. The minimum atomic E-state index is -1.56. The van der Waals surface area contributed by atoms with Crippen LogP contribution in [0.4, 0.5) is 8.78 Å². The summed E-state index contributed by atoms with van der Waals surface area (Å²) in [6.07, 6.45) is 4.65. The first-order valence-corrected chi connectivity index (χ1v) is 6.89. The first-order chi connectivity index (χ1) is 9.20. The van der Waals surface area contributed by atoms with Crippen molar-refractivity contribution in [3.05, 3.63) is 35.9 Å². The minimum Gasteiger partial charge on any atom is -0.497 e. The van der Waals surface area contributed by atoms with E-state index in [-0.39, 0.29) is 5.57 Å². The second-order valence-electron chi connectivity index (χ2n) is 5.18. The van der Waals surface area contributed by atoms with E-state index in [1.807, 2.05) is 0 Å². The van der Waals surface area contributed by atoms with Crippen molar-refractivity contribution < 1.29 is 13.5 Å². The summed E-state index contributed by atoms with van der Waals surface area (Å²) in [6, 6.07) is 6.97. The molecule has 0 N–H and O–H groups in total. The molecule has 3 heteroatoms. The summed E-state index contributed by atoms with van der Waals surface area (Å²) in [4.78, 5) is 0. The van der Waals surface area contributed by atoms with Gasteiger partial charge in [-0.2, -0.15) is 8.78 Å². The zero-order chi connectivity index (χ0) is 13.7. The van der Waals surface area contributed by atoms with Gasteiger partial charge in [-0.3, -0.25) is 0 Å². The summed E-state index contributed by atoms with van der Waals surface area (Å²) in [6.45, 7) is 0. The SMILES string of the molecule is COc1cccc(C(CC2CCCCC2)=C(F)F)c1. The van der Waals surface area contributed by atoms with Crippen molar-refractivity contribution in [2.75, 3.05) is 7.11 Å². The molecule has 0 aliphatic heterocycles. The van der Waals surface area contributed by atoms with Crippen LogP contribution in [0.15, 0.2) is 30.3 Å². The van der Waals surface area contributed by atoms with E-state index in [2.05, 4.69) is 0 Å². The molecule has 1 saturated carbocycles. The number of hydrogen-bond acceptors (Lipinski definition) is 1. The lowest BCUT2D eigenvalue weighted by atomic mass is 9.83. The van der Waals surface area contributed by atoms with Crippen LogP contribution in [0.5, 0.6) is 5.75 Å². The van der Waals surface area contributed by atoms with E-state index in [9.17, 15) is 8.78 Å². The van der Waals surface area contributed by atoms with Gasteiger partial charge >= 0.3 is 0 Å². The van der Waals surface area contributed by atoms with Gasteiger partial charge in [-0.15, -0.1) is 0 Å². The molecule has 1 aromatic carbocycles. The molecule has 0 amide bonds. The highest BCUT2D eigenvalue weighted by atomic mass is 19.3. The molecule has 0 aromatic heterocycles. The maximum absolute atomic E-state index is 13.2. The summed E-state index contributed by atoms with van der Waals surface area (Å²) in [5.41, 5.74) is 0.774. The van der Waals surface area contributed by atoms with Crippen molar-refractivity contribution in [1.82, 2.24) is 0 Å². The maximum Gasteiger partial charge on any atom is 0.274 e. The molecule has 0 bridgehead atoms. The molecule has 1 fully saturated rings. The Morgan fingerprint density at radius 3 is 2.58 bits per heavy atom. The van der Waals surface area contributed by atoms with E-state index in [0.29, 0.717) is 23.7 Å². The van der Waals surface area contributed by atoms with Crippen molar-refractivity contribution in [2.24, 2.45) is 5.92 Å². The fourth-order valence-corrected chi connectivity index (χ4v) is 2.79. The van der Waals surface area contributed by atoms with Gasteiger partial charge in [-0.05, 0) is 30.0 Å². The molecule has 1 aliphatic rings. The summed E-state index contributed by atoms with van der Waals surface area (Å²) in [5.74, 6) is 1.02. The van der Waals surface area contributed by atoms with Crippen molar-refractivity contribution in [2.45, 2.75) is 38.5 Å². The van der Waals surface area contributed by atoms with Crippen LogP contribution in [0.1, 0.15) is 44.1 Å². The number of allylic oxidation sites excluding steroid dienone is 1. The Hall–Kier alpha value is -1.38. The number of rotatable bonds is 4. The third-order valence-corrected chi connectivity index (χ3v) is 3.86. The maximum atomic E-state index is 13.2. The molecule has 0 heterocycles. The lowest BCUT2D eigenvalue weighted by Crippen LogP contribution is -2.07. The molecule has 0 saturated heterocycles. The molecular formula is C16H20F2O. The molecule has 0 spiro atoms. The number of methoxy groups -OCH3 is 1. The predicted octanol–water partition coefficient (Wildman–Crippen LogP) is 5.27. The van der Waals surface area contributed by atoms with Gasteiger partial charge in [-0.25, -0.2) is 0 Å². The first-order valence-electron chi connectivity index (χ1n) is 6.89. The van der Waals surface area contributed by atoms with Gasteiger partial charge in [0.05, 0.1) is 7.11 Å². The average molecular weight is 266 g/mol. The van der Waals surface area contributed by atoms with Gasteiger partial charge in [-0.1, -0.05) is 44.2 Å². The molecule has 2 rings (SSSR count). The third kappa shape index (κ3) is 3.79. The van der Waals surface area contributed by atoms with Crippen molar-refractivity contribution in [3.8, 4) is 5.75 Å². The van der Waals surface area contributed by atoms with Crippen molar-refractivity contribution >= 4 is 5.57 Å². The Morgan fingerprint density at radius 1 is 1.21 bits per heavy atom. The molecular weight excluding hydrogens is 246 g/mol. The van der Waals surface area contributed by atoms with E-state index in [0.717, 1.165) is 12.8 Å². The number of ether oxygens (including phenoxy) is 1. The summed E-state index contributed by atoms with van der Waals surface area (Å²) in [7, 11) is 1.55. The van der Waals surface area contributed by atoms with Crippen molar-refractivity contribution in [3.63, 3.8) is 0 Å². The van der Waals surface area contributed by atoms with Crippen LogP contribution in [0.2, 0.25) is 0 Å². The van der Waals surface area contributed by atoms with E-state index < -0.39 is 6.08 Å². The monoisotopic (exact) mass is 266 g/mol. The quantitative estimate of drug-likeness (QED) is 0.721. The summed E-state index contributed by atoms with van der Waals surface area (Å²) >= 11 is 0. The van der Waals surface area contributed by atoms with Gasteiger partial charge in [0.2, 0.25) is 0 Å². The van der Waals surface area contributed by atoms with Crippen LogP contribution in [-0.4, -0.2) is 7.11 Å². The average Bonchev–Trinajstić information content (AvgIpc) is 2.45. The highest BCUT2D eigenvalue weighted by molar-refractivity contribution is 5.67. The highest BCUT2D eigenvalue weighted by Gasteiger charge is 2.19. The van der Waals surface area contributed by atoms with Gasteiger partial charge in [0.1, 0.15) is 5.75 Å². The van der Waals surface area contributed by atoms with Gasteiger partial charge < -0.3 is 4.74 Å². The molecule has 19 heavy (non-hydrogen) atoms. The Kier molecular flexibility index (Phi) is 4.94. The van der Waals surface area contributed by atoms with Crippen LogP contribution < -0.4 is 4.74 Å². The van der Waals surface area contributed by atoms with Crippen LogP contribution in [0.3, 0.4) is 0 Å². The second kappa shape index (κ2) is 6.69. The fraction of sp³-hybridized carbons (Fsp3) is 0.500. The summed E-state index contributed by atoms with van der Waals surface area (Å²) in [5, 5.41) is 0. The third-order valence-electron chi connectivity index (χ3n) is 3.86. The van der Waals surface area contributed by atoms with Crippen LogP contribution in [-0.2, 0) is 0 Å². The van der Waals surface area contributed by atoms with Gasteiger partial charge in [0.15, 0.2) is 0 Å². The second-order valence-corrected chi connectivity index (χ2v) is 5.18. The zero-order valence-electron chi connectivity index (χ0n) is 11.3. The molecule has 1 aromatic rings. The summed E-state index contributed by atoms with van der Waals surface area (Å²) < 4.78 is 31.5. The van der Waals surface area contributed by atoms with E-state index in [1.54, 1.807) is 31.4 Å². The van der Waals surface area contributed by atoms with Crippen LogP contribution in [0, 0.1) is 5.92 Å². The Balaban J connectivity index is 2.17. The minimum absolute atomic E-state index is 0.186. The molecule has 0 radical (unpaired) electrons. The number of hydrogen-bond donors (Lipinski definition) is 0. The van der Waals surface area contributed by atoms with Crippen molar-refractivity contribution in [1.29, 1.82) is 0 Å². The largest absolute Gasteiger partial charge is 0.497 e. The molecule has 104 valence electrons. The van der Waals surface area contributed by atoms with E-state index in [1.165, 1.54) is 19.3 Å². The lowest BCUT2D eigenvalue weighted by molar-refractivity contribution is 0.356. The smallest absolute Gasteiger partial charge is 0.274 e. The van der Waals surface area contributed by atoms with E-state index >= 15 is 0 Å². The Labute approximate surface area is 113 Å². The molecule has 0 atom stereocenters. The zero-order valence-corrected chi connectivity index (χ0v) is 11.3. The Morgan fingerprint density at radius 2 is 1.95 bits per heavy atom. The molecule has 1 aliphatic carbocycles. The van der Waals surface area contributed by atoms with Gasteiger partial charge in [0, 0.05) is 5.57 Å². The number of halogens is 2. The highest BCUT2D eigenvalue weighted by Crippen LogP contribution is 2.35. The topological polar surface area (TPSA) is 9.23 Å². The standard InChI is InChI=1S/C16H20F2O/c1-19-14-9-5-8-13(11-14)15(16(17)18)10-12-6-3-2-4-7-12/h5,8-9,11-12H,2-4,6-7,10H2,1H3.